The number of hydrogen-bond donors (Lipinski definition) is 1. The summed E-state index contributed by atoms with van der Waals surface area (Å²) in [5, 5.41) is 6.43. The maximum atomic E-state index is 5.91. The molecular weight excluding hydrogens is 318 g/mol. The number of fused-ring (bicyclic) bond motifs is 1. The summed E-state index contributed by atoms with van der Waals surface area (Å²) in [5.41, 5.74) is 2.59. The number of benzene rings is 1. The molecule has 3 aromatic rings. The van der Waals surface area contributed by atoms with E-state index in [9.17, 15) is 0 Å². The normalized spacial score (nSPS) is 10.9. The number of anilines is 1. The summed E-state index contributed by atoms with van der Waals surface area (Å²) in [6.07, 6.45) is 5.20. The second-order valence-corrected chi connectivity index (χ2v) is 6.73. The molecule has 2 heterocycles. The fourth-order valence-corrected chi connectivity index (χ4v) is 3.40. The first-order valence-electron chi connectivity index (χ1n) is 8.42. The van der Waals surface area contributed by atoms with Crippen LogP contribution in [0.4, 0.5) is 5.82 Å². The monoisotopic (exact) mass is 341 g/mol. The van der Waals surface area contributed by atoms with E-state index in [4.69, 9.17) is 4.74 Å². The van der Waals surface area contributed by atoms with Crippen molar-refractivity contribution < 1.29 is 4.74 Å². The zero-order valence-electron chi connectivity index (χ0n) is 14.2. The first kappa shape index (κ1) is 16.7. The number of hydrogen-bond acceptors (Lipinski definition) is 5. The van der Waals surface area contributed by atoms with Crippen molar-refractivity contribution >= 4 is 27.4 Å². The fourth-order valence-electron chi connectivity index (χ4n) is 2.67. The van der Waals surface area contributed by atoms with Crippen molar-refractivity contribution in [2.75, 3.05) is 18.5 Å². The number of thiophene rings is 1. The maximum Gasteiger partial charge on any atom is 0.138 e. The van der Waals surface area contributed by atoms with Crippen molar-refractivity contribution in [1.82, 2.24) is 9.97 Å². The zero-order chi connectivity index (χ0) is 16.8. The van der Waals surface area contributed by atoms with Gasteiger partial charge in [0.1, 0.15) is 29.3 Å². The van der Waals surface area contributed by atoms with Crippen molar-refractivity contribution in [2.24, 2.45) is 0 Å². The van der Waals surface area contributed by atoms with Gasteiger partial charge in [-0.05, 0) is 48.4 Å². The molecule has 0 aliphatic heterocycles. The average molecular weight is 341 g/mol. The number of rotatable bonds is 8. The van der Waals surface area contributed by atoms with Crippen LogP contribution < -0.4 is 10.1 Å². The van der Waals surface area contributed by atoms with Crippen molar-refractivity contribution in [3.8, 4) is 5.75 Å². The van der Waals surface area contributed by atoms with Gasteiger partial charge in [0.25, 0.3) is 0 Å². The topological polar surface area (TPSA) is 47.0 Å². The van der Waals surface area contributed by atoms with Gasteiger partial charge in [0, 0.05) is 0 Å². The van der Waals surface area contributed by atoms with Gasteiger partial charge in [-0.15, -0.1) is 11.3 Å². The summed E-state index contributed by atoms with van der Waals surface area (Å²) in [7, 11) is 0. The van der Waals surface area contributed by atoms with Gasteiger partial charge >= 0.3 is 0 Å². The Balaban J connectivity index is 1.52. The molecular formula is C19H23N3OS. The lowest BCUT2D eigenvalue weighted by Gasteiger charge is -2.12. The van der Waals surface area contributed by atoms with E-state index in [-0.39, 0.29) is 0 Å². The van der Waals surface area contributed by atoms with Crippen LogP contribution in [-0.4, -0.2) is 23.1 Å². The summed E-state index contributed by atoms with van der Waals surface area (Å²) in [5.74, 6) is 1.83. The third-order valence-electron chi connectivity index (χ3n) is 3.97. The molecule has 0 amide bonds. The molecule has 3 rings (SSSR count). The van der Waals surface area contributed by atoms with Crippen LogP contribution in [0.3, 0.4) is 0 Å². The molecule has 1 N–H and O–H groups in total. The molecule has 0 atom stereocenters. The Labute approximate surface area is 146 Å². The fraction of sp³-hybridized carbons (Fsp3) is 0.368. The summed E-state index contributed by atoms with van der Waals surface area (Å²) in [6, 6.07) is 8.53. The lowest BCUT2D eigenvalue weighted by atomic mass is 10.1. The number of aryl methyl sites for hydroxylation is 2. The molecule has 0 saturated heterocycles. The van der Waals surface area contributed by atoms with Crippen LogP contribution in [0, 0.1) is 6.92 Å². The maximum absolute atomic E-state index is 5.91. The van der Waals surface area contributed by atoms with E-state index in [0.717, 1.165) is 28.2 Å². The molecule has 0 radical (unpaired) electrons. The summed E-state index contributed by atoms with van der Waals surface area (Å²) >= 11 is 1.62. The van der Waals surface area contributed by atoms with Crippen LogP contribution in [0.2, 0.25) is 0 Å². The molecule has 0 fully saturated rings. The zero-order valence-corrected chi connectivity index (χ0v) is 15.0. The molecule has 0 bridgehead atoms. The quantitative estimate of drug-likeness (QED) is 0.596. The molecule has 1 aromatic carbocycles. The number of nitrogens with zero attached hydrogens (tertiary/aromatic N) is 2. The Morgan fingerprint density at radius 2 is 2.12 bits per heavy atom. The summed E-state index contributed by atoms with van der Waals surface area (Å²) in [6.45, 7) is 5.64. The number of nitrogens with one attached hydrogen (secondary N) is 1. The van der Waals surface area contributed by atoms with Crippen LogP contribution in [-0.2, 0) is 6.42 Å². The molecule has 0 aliphatic rings. The molecule has 0 saturated carbocycles. The highest BCUT2D eigenvalue weighted by molar-refractivity contribution is 7.16. The number of unbranched alkanes of at least 4 members (excludes halogenated alkanes) is 1. The van der Waals surface area contributed by atoms with E-state index in [1.165, 1.54) is 24.0 Å². The predicted molar refractivity (Wildman–Crippen MR) is 101 cm³/mol. The van der Waals surface area contributed by atoms with E-state index >= 15 is 0 Å². The van der Waals surface area contributed by atoms with Gasteiger partial charge in [0.15, 0.2) is 0 Å². The smallest absolute Gasteiger partial charge is 0.138 e. The standard InChI is InChI=1S/C19H23N3OS/c1-3-4-5-15-6-7-17(14(2)12-15)23-10-9-20-18-16-8-11-24-19(16)22-13-21-18/h6-8,11-13H,3-5,9-10H2,1-2H3,(H,20,21,22). The molecule has 4 nitrogen and oxygen atoms in total. The minimum atomic E-state index is 0.602. The third-order valence-corrected chi connectivity index (χ3v) is 4.79. The summed E-state index contributed by atoms with van der Waals surface area (Å²) < 4.78 is 5.91. The highest BCUT2D eigenvalue weighted by Crippen LogP contribution is 2.24. The largest absolute Gasteiger partial charge is 0.491 e. The van der Waals surface area contributed by atoms with Crippen LogP contribution in [0.25, 0.3) is 10.2 Å². The number of ether oxygens (including phenoxy) is 1. The van der Waals surface area contributed by atoms with Crippen LogP contribution in [0.1, 0.15) is 30.9 Å². The molecule has 5 heteroatoms. The molecule has 0 unspecified atom stereocenters. The van der Waals surface area contributed by atoms with Gasteiger partial charge in [-0.25, -0.2) is 9.97 Å². The molecule has 126 valence electrons. The van der Waals surface area contributed by atoms with Crippen LogP contribution in [0.5, 0.6) is 5.75 Å². The van der Waals surface area contributed by atoms with Crippen LogP contribution in [0.15, 0.2) is 36.0 Å². The first-order valence-corrected chi connectivity index (χ1v) is 9.30. The van der Waals surface area contributed by atoms with E-state index in [1.807, 2.05) is 11.4 Å². The Kier molecular flexibility index (Phi) is 5.64. The molecule has 0 spiro atoms. The van der Waals surface area contributed by atoms with Crippen molar-refractivity contribution in [2.45, 2.75) is 33.1 Å². The lowest BCUT2D eigenvalue weighted by Crippen LogP contribution is -2.13. The summed E-state index contributed by atoms with van der Waals surface area (Å²) in [4.78, 5) is 9.57. The van der Waals surface area contributed by atoms with Gasteiger partial charge in [-0.3, -0.25) is 0 Å². The highest BCUT2D eigenvalue weighted by Gasteiger charge is 2.05. The Hall–Kier alpha value is -2.14. The minimum Gasteiger partial charge on any atom is -0.491 e. The molecule has 24 heavy (non-hydrogen) atoms. The number of aromatic nitrogens is 2. The van der Waals surface area contributed by atoms with E-state index < -0.39 is 0 Å². The third kappa shape index (κ3) is 4.03. The highest BCUT2D eigenvalue weighted by atomic mass is 32.1. The van der Waals surface area contributed by atoms with Gasteiger partial charge in [0.05, 0.1) is 11.9 Å². The minimum absolute atomic E-state index is 0.602. The molecule has 2 aromatic heterocycles. The van der Waals surface area contributed by atoms with Crippen molar-refractivity contribution in [1.29, 1.82) is 0 Å². The second kappa shape index (κ2) is 8.11. The van der Waals surface area contributed by atoms with E-state index in [2.05, 4.69) is 47.3 Å². The molecule has 0 aliphatic carbocycles. The predicted octanol–water partition coefficient (Wildman–Crippen LogP) is 4.83. The van der Waals surface area contributed by atoms with E-state index in [1.54, 1.807) is 17.7 Å². The van der Waals surface area contributed by atoms with Gasteiger partial charge < -0.3 is 10.1 Å². The van der Waals surface area contributed by atoms with E-state index in [0.29, 0.717) is 13.2 Å². The van der Waals surface area contributed by atoms with Gasteiger partial charge in [-0.1, -0.05) is 25.5 Å². The van der Waals surface area contributed by atoms with Crippen molar-refractivity contribution in [3.05, 3.63) is 47.1 Å². The Bertz CT molecular complexity index is 800. The SMILES string of the molecule is CCCCc1ccc(OCCNc2ncnc3sccc23)c(C)c1. The van der Waals surface area contributed by atoms with Gasteiger partial charge in [0.2, 0.25) is 0 Å². The Morgan fingerprint density at radius 1 is 1.21 bits per heavy atom. The first-order chi connectivity index (χ1) is 11.8. The van der Waals surface area contributed by atoms with Crippen molar-refractivity contribution in [3.63, 3.8) is 0 Å². The average Bonchev–Trinajstić information content (AvgIpc) is 3.07. The van der Waals surface area contributed by atoms with Crippen LogP contribution >= 0.6 is 11.3 Å². The van der Waals surface area contributed by atoms with Gasteiger partial charge in [-0.2, -0.15) is 0 Å². The lowest BCUT2D eigenvalue weighted by molar-refractivity contribution is 0.330. The second-order valence-electron chi connectivity index (χ2n) is 5.84. The Morgan fingerprint density at radius 3 is 2.96 bits per heavy atom.